The zero-order valence-electron chi connectivity index (χ0n) is 6.11. The number of terminal acetylenes is 1. The molecule has 0 aliphatic heterocycles. The van der Waals surface area contributed by atoms with Gasteiger partial charge in [-0.1, -0.05) is 5.92 Å². The Hall–Kier alpha value is -1.60. The number of nitrogens with two attached hydrogens (primary N) is 1. The van der Waals surface area contributed by atoms with E-state index >= 15 is 0 Å². The Labute approximate surface area is 73.5 Å². The van der Waals surface area contributed by atoms with Crippen LogP contribution in [0, 0.1) is 12.3 Å². The number of anilines is 1. The molecule has 1 aromatic heterocycles. The standard InChI is InChI=1S/C8H5N3S/c1-2-5-3-7-8(4-6(5)9)11-12-10-7/h1,3-4H,9H2. The molecule has 0 aliphatic carbocycles. The fraction of sp³-hybridized carbons (Fsp3) is 0. The van der Waals surface area contributed by atoms with Crippen LogP contribution in [0.15, 0.2) is 12.1 Å². The van der Waals surface area contributed by atoms with Gasteiger partial charge in [-0.2, -0.15) is 8.75 Å². The molecule has 0 amide bonds. The van der Waals surface area contributed by atoms with Gasteiger partial charge in [0, 0.05) is 11.3 Å². The van der Waals surface area contributed by atoms with Gasteiger partial charge in [0.15, 0.2) is 0 Å². The molecule has 0 bridgehead atoms. The lowest BCUT2D eigenvalue weighted by Gasteiger charge is -1.95. The Morgan fingerprint density at radius 3 is 2.67 bits per heavy atom. The summed E-state index contributed by atoms with van der Waals surface area (Å²) in [6.07, 6.45) is 5.24. The second-order valence-corrected chi connectivity index (χ2v) is 2.87. The van der Waals surface area contributed by atoms with Gasteiger partial charge in [0.1, 0.15) is 11.0 Å². The fourth-order valence-corrected chi connectivity index (χ4v) is 1.48. The lowest BCUT2D eigenvalue weighted by molar-refractivity contribution is 1.60. The van der Waals surface area contributed by atoms with Crippen molar-refractivity contribution in [3.05, 3.63) is 17.7 Å². The van der Waals surface area contributed by atoms with Gasteiger partial charge in [-0.25, -0.2) is 0 Å². The first-order valence-corrected chi connectivity index (χ1v) is 4.02. The number of nitrogen functional groups attached to an aromatic ring is 1. The lowest BCUT2D eigenvalue weighted by atomic mass is 10.1. The van der Waals surface area contributed by atoms with Crippen molar-refractivity contribution in [2.45, 2.75) is 0 Å². The number of nitrogens with zero attached hydrogens (tertiary/aromatic N) is 2. The first-order valence-electron chi connectivity index (χ1n) is 3.29. The van der Waals surface area contributed by atoms with Crippen LogP contribution in [-0.4, -0.2) is 8.75 Å². The average molecular weight is 175 g/mol. The van der Waals surface area contributed by atoms with E-state index in [1.54, 1.807) is 12.1 Å². The number of hydrogen-bond acceptors (Lipinski definition) is 4. The minimum absolute atomic E-state index is 0.581. The van der Waals surface area contributed by atoms with E-state index in [-0.39, 0.29) is 0 Å². The summed E-state index contributed by atoms with van der Waals surface area (Å²) in [5.41, 5.74) is 8.52. The Kier molecular flexibility index (Phi) is 1.45. The van der Waals surface area contributed by atoms with Crippen LogP contribution in [0.4, 0.5) is 5.69 Å². The first-order chi connectivity index (χ1) is 5.81. The zero-order chi connectivity index (χ0) is 8.55. The summed E-state index contributed by atoms with van der Waals surface area (Å²) < 4.78 is 8.08. The topological polar surface area (TPSA) is 51.8 Å². The highest BCUT2D eigenvalue weighted by Crippen LogP contribution is 2.19. The normalized spacial score (nSPS) is 9.92. The van der Waals surface area contributed by atoms with Crippen molar-refractivity contribution in [3.63, 3.8) is 0 Å². The van der Waals surface area contributed by atoms with E-state index in [0.717, 1.165) is 22.8 Å². The summed E-state index contributed by atoms with van der Waals surface area (Å²) in [4.78, 5) is 0. The van der Waals surface area contributed by atoms with E-state index in [1.807, 2.05) is 0 Å². The van der Waals surface area contributed by atoms with E-state index in [9.17, 15) is 0 Å². The van der Waals surface area contributed by atoms with Crippen LogP contribution in [0.5, 0.6) is 0 Å². The zero-order valence-corrected chi connectivity index (χ0v) is 6.93. The molecule has 3 nitrogen and oxygen atoms in total. The molecule has 1 aromatic carbocycles. The molecular weight excluding hydrogens is 170 g/mol. The fourth-order valence-electron chi connectivity index (χ4n) is 0.973. The van der Waals surface area contributed by atoms with Crippen molar-refractivity contribution < 1.29 is 0 Å². The third-order valence-electron chi connectivity index (χ3n) is 1.58. The monoisotopic (exact) mass is 175 g/mol. The number of aromatic nitrogens is 2. The van der Waals surface area contributed by atoms with Crippen molar-refractivity contribution in [1.29, 1.82) is 0 Å². The second-order valence-electron chi connectivity index (χ2n) is 2.34. The molecule has 0 aliphatic rings. The smallest absolute Gasteiger partial charge is 0.106 e. The Morgan fingerprint density at radius 2 is 2.00 bits per heavy atom. The van der Waals surface area contributed by atoms with Gasteiger partial charge in [0.05, 0.1) is 11.7 Å². The molecule has 0 saturated carbocycles. The Bertz CT molecular complexity index is 467. The average Bonchev–Trinajstić information content (AvgIpc) is 2.49. The predicted octanol–water partition coefficient (Wildman–Crippen LogP) is 1.25. The van der Waals surface area contributed by atoms with Crippen molar-refractivity contribution in [3.8, 4) is 12.3 Å². The molecule has 2 N–H and O–H groups in total. The molecule has 2 aromatic rings. The van der Waals surface area contributed by atoms with Crippen LogP contribution in [-0.2, 0) is 0 Å². The van der Waals surface area contributed by atoms with Gasteiger partial charge in [-0.15, -0.1) is 6.42 Å². The second kappa shape index (κ2) is 2.47. The molecule has 0 radical (unpaired) electrons. The van der Waals surface area contributed by atoms with E-state index in [0.29, 0.717) is 11.3 Å². The van der Waals surface area contributed by atoms with Gasteiger partial charge in [0.2, 0.25) is 0 Å². The molecule has 2 rings (SSSR count). The third-order valence-corrected chi connectivity index (χ3v) is 2.14. The van der Waals surface area contributed by atoms with Crippen molar-refractivity contribution in [2.24, 2.45) is 0 Å². The van der Waals surface area contributed by atoms with Gasteiger partial charge in [0.25, 0.3) is 0 Å². The maximum absolute atomic E-state index is 5.65. The van der Waals surface area contributed by atoms with E-state index < -0.39 is 0 Å². The van der Waals surface area contributed by atoms with Gasteiger partial charge in [-0.05, 0) is 12.1 Å². The Morgan fingerprint density at radius 1 is 1.33 bits per heavy atom. The van der Waals surface area contributed by atoms with Gasteiger partial charge >= 0.3 is 0 Å². The van der Waals surface area contributed by atoms with Crippen LogP contribution in [0.2, 0.25) is 0 Å². The van der Waals surface area contributed by atoms with Gasteiger partial charge in [-0.3, -0.25) is 0 Å². The molecule has 0 fully saturated rings. The number of fused-ring (bicyclic) bond motifs is 1. The van der Waals surface area contributed by atoms with E-state index in [2.05, 4.69) is 14.7 Å². The van der Waals surface area contributed by atoms with Crippen molar-refractivity contribution in [2.75, 3.05) is 5.73 Å². The van der Waals surface area contributed by atoms with Crippen LogP contribution >= 0.6 is 11.7 Å². The summed E-state index contributed by atoms with van der Waals surface area (Å²) in [7, 11) is 0. The van der Waals surface area contributed by atoms with E-state index in [1.165, 1.54) is 0 Å². The summed E-state index contributed by atoms with van der Waals surface area (Å²) in [6, 6.07) is 3.52. The van der Waals surface area contributed by atoms with Crippen LogP contribution < -0.4 is 5.73 Å². The van der Waals surface area contributed by atoms with Crippen LogP contribution in [0.3, 0.4) is 0 Å². The summed E-state index contributed by atoms with van der Waals surface area (Å²) >= 11 is 1.16. The molecule has 1 heterocycles. The van der Waals surface area contributed by atoms with Crippen molar-refractivity contribution >= 4 is 28.4 Å². The molecule has 0 saturated heterocycles. The molecule has 0 unspecified atom stereocenters. The van der Waals surface area contributed by atoms with E-state index in [4.69, 9.17) is 12.2 Å². The maximum atomic E-state index is 5.65. The van der Waals surface area contributed by atoms with Gasteiger partial charge < -0.3 is 5.73 Å². The number of rotatable bonds is 0. The number of benzene rings is 1. The molecule has 0 atom stereocenters. The minimum atomic E-state index is 0.581. The summed E-state index contributed by atoms with van der Waals surface area (Å²) in [5, 5.41) is 0. The minimum Gasteiger partial charge on any atom is -0.398 e. The molecule has 12 heavy (non-hydrogen) atoms. The molecular formula is C8H5N3S. The summed E-state index contributed by atoms with van der Waals surface area (Å²) in [6.45, 7) is 0. The summed E-state index contributed by atoms with van der Waals surface area (Å²) in [5.74, 6) is 2.49. The van der Waals surface area contributed by atoms with Crippen molar-refractivity contribution in [1.82, 2.24) is 8.75 Å². The lowest BCUT2D eigenvalue weighted by Crippen LogP contribution is -1.89. The third kappa shape index (κ3) is 0.917. The first kappa shape index (κ1) is 7.07. The highest BCUT2D eigenvalue weighted by atomic mass is 32.1. The van der Waals surface area contributed by atoms with Crippen LogP contribution in [0.25, 0.3) is 11.0 Å². The SMILES string of the molecule is C#Cc1cc2nsnc2cc1N. The maximum Gasteiger partial charge on any atom is 0.106 e. The predicted molar refractivity (Wildman–Crippen MR) is 49.8 cm³/mol. The quantitative estimate of drug-likeness (QED) is 0.484. The largest absolute Gasteiger partial charge is 0.398 e. The molecule has 58 valence electrons. The molecule has 0 spiro atoms. The number of hydrogen-bond donors (Lipinski definition) is 1. The Balaban J connectivity index is 2.84. The molecule has 4 heteroatoms. The highest BCUT2D eigenvalue weighted by Gasteiger charge is 2.02. The van der Waals surface area contributed by atoms with Crippen LogP contribution in [0.1, 0.15) is 5.56 Å². The highest BCUT2D eigenvalue weighted by molar-refractivity contribution is 7.00.